The number of benzene rings is 1. The minimum atomic E-state index is -0.350. The zero-order chi connectivity index (χ0) is 17.0. The van der Waals surface area contributed by atoms with Crippen molar-refractivity contribution in [3.05, 3.63) is 34.6 Å². The zero-order valence-corrected chi connectivity index (χ0v) is 15.2. The number of nitrogens with zero attached hydrogens (tertiary/aromatic N) is 2. The van der Waals surface area contributed by atoms with E-state index in [4.69, 9.17) is 11.6 Å². The lowest BCUT2D eigenvalue weighted by Crippen LogP contribution is -2.43. The Labute approximate surface area is 147 Å². The maximum Gasteiger partial charge on any atom is 0.321 e. The van der Waals surface area contributed by atoms with Gasteiger partial charge in [0.25, 0.3) is 0 Å². The fraction of sp³-hybridized carbons (Fsp3) is 0.357. The summed E-state index contributed by atoms with van der Waals surface area (Å²) in [6.07, 6.45) is 0. The van der Waals surface area contributed by atoms with E-state index in [0.717, 1.165) is 0 Å². The molecule has 23 heavy (non-hydrogen) atoms. The van der Waals surface area contributed by atoms with Gasteiger partial charge in [-0.05, 0) is 32.9 Å². The molecule has 0 aliphatic heterocycles. The Balaban J connectivity index is 1.94. The number of aromatic nitrogens is 2. The van der Waals surface area contributed by atoms with Crippen LogP contribution in [-0.4, -0.2) is 21.8 Å². The Morgan fingerprint density at radius 2 is 2.13 bits per heavy atom. The molecular formula is C14H16ClFN4OS2. The molecule has 0 unspecified atom stereocenters. The summed E-state index contributed by atoms with van der Waals surface area (Å²) in [5.41, 5.74) is 0.0860. The van der Waals surface area contributed by atoms with E-state index in [1.54, 1.807) is 12.1 Å². The number of hydrogen-bond donors (Lipinski definition) is 2. The van der Waals surface area contributed by atoms with Gasteiger partial charge >= 0.3 is 6.03 Å². The third-order valence-electron chi connectivity index (χ3n) is 2.52. The van der Waals surface area contributed by atoms with Gasteiger partial charge in [0.1, 0.15) is 5.82 Å². The first-order chi connectivity index (χ1) is 10.7. The molecule has 124 valence electrons. The van der Waals surface area contributed by atoms with Crippen molar-refractivity contribution in [2.45, 2.75) is 36.4 Å². The highest BCUT2D eigenvalue weighted by Crippen LogP contribution is 2.31. The number of anilines is 1. The van der Waals surface area contributed by atoms with Crippen molar-refractivity contribution in [2.75, 3.05) is 5.32 Å². The second-order valence-electron chi connectivity index (χ2n) is 5.69. The van der Waals surface area contributed by atoms with Crippen molar-refractivity contribution < 1.29 is 9.18 Å². The largest absolute Gasteiger partial charge is 0.333 e. The van der Waals surface area contributed by atoms with Gasteiger partial charge < -0.3 is 5.32 Å². The van der Waals surface area contributed by atoms with Gasteiger partial charge in [-0.2, -0.15) is 0 Å². The minimum absolute atomic E-state index is 0.339. The second-order valence-corrected chi connectivity index (χ2v) is 8.30. The lowest BCUT2D eigenvalue weighted by molar-refractivity contribution is 0.244. The number of carbonyl (C=O) groups excluding carboxylic acids is 1. The Hall–Kier alpha value is -1.38. The Morgan fingerprint density at radius 1 is 1.39 bits per heavy atom. The number of rotatable bonds is 4. The van der Waals surface area contributed by atoms with Crippen LogP contribution in [0.15, 0.2) is 22.5 Å². The van der Waals surface area contributed by atoms with Crippen molar-refractivity contribution in [3.8, 4) is 0 Å². The lowest BCUT2D eigenvalue weighted by Gasteiger charge is -2.19. The fourth-order valence-corrected chi connectivity index (χ4v) is 3.68. The average molecular weight is 375 g/mol. The first-order valence-electron chi connectivity index (χ1n) is 6.73. The minimum Gasteiger partial charge on any atom is -0.333 e. The topological polar surface area (TPSA) is 66.9 Å². The van der Waals surface area contributed by atoms with Gasteiger partial charge in [0.05, 0.1) is 0 Å². The van der Waals surface area contributed by atoms with Crippen LogP contribution in [0.3, 0.4) is 0 Å². The molecule has 0 aliphatic rings. The summed E-state index contributed by atoms with van der Waals surface area (Å²) >= 11 is 8.51. The molecule has 9 heteroatoms. The highest BCUT2D eigenvalue weighted by Gasteiger charge is 2.16. The molecule has 2 N–H and O–H groups in total. The van der Waals surface area contributed by atoms with Crippen LogP contribution in [-0.2, 0) is 5.75 Å². The highest BCUT2D eigenvalue weighted by molar-refractivity contribution is 8.00. The second kappa shape index (κ2) is 7.46. The van der Waals surface area contributed by atoms with E-state index in [-0.39, 0.29) is 17.4 Å². The summed E-state index contributed by atoms with van der Waals surface area (Å²) in [5.74, 6) is -0.00802. The Kier molecular flexibility index (Phi) is 5.83. The molecule has 0 atom stereocenters. The quantitative estimate of drug-likeness (QED) is 0.608. The monoisotopic (exact) mass is 374 g/mol. The molecule has 0 radical (unpaired) electrons. The molecule has 0 fully saturated rings. The number of halogens is 2. The summed E-state index contributed by atoms with van der Waals surface area (Å²) < 4.78 is 14.3. The van der Waals surface area contributed by atoms with Crippen LogP contribution in [0.4, 0.5) is 14.3 Å². The van der Waals surface area contributed by atoms with Crippen LogP contribution in [0.5, 0.6) is 0 Å². The number of carbonyl (C=O) groups is 1. The third-order valence-corrected chi connectivity index (χ3v) is 4.87. The van der Waals surface area contributed by atoms with Gasteiger partial charge in [-0.25, -0.2) is 9.18 Å². The molecule has 2 aromatic rings. The van der Waals surface area contributed by atoms with Gasteiger partial charge in [0.2, 0.25) is 5.13 Å². The predicted octanol–water partition coefficient (Wildman–Crippen LogP) is 4.54. The van der Waals surface area contributed by atoms with Crippen molar-refractivity contribution in [1.82, 2.24) is 15.5 Å². The van der Waals surface area contributed by atoms with E-state index in [2.05, 4.69) is 20.8 Å². The summed E-state index contributed by atoms with van der Waals surface area (Å²) in [6, 6.07) is 4.23. The van der Waals surface area contributed by atoms with E-state index in [1.165, 1.54) is 29.2 Å². The van der Waals surface area contributed by atoms with Gasteiger partial charge in [-0.15, -0.1) is 10.2 Å². The van der Waals surface area contributed by atoms with E-state index >= 15 is 0 Å². The van der Waals surface area contributed by atoms with Gasteiger partial charge in [0, 0.05) is 21.9 Å². The first kappa shape index (κ1) is 18.0. The van der Waals surface area contributed by atoms with Crippen LogP contribution in [0.25, 0.3) is 0 Å². The fourth-order valence-electron chi connectivity index (χ4n) is 1.59. The molecular weight excluding hydrogens is 359 g/mol. The van der Waals surface area contributed by atoms with E-state index < -0.39 is 0 Å². The molecule has 0 bridgehead atoms. The Bertz CT molecular complexity index is 682. The molecule has 0 spiro atoms. The number of hydrogen-bond acceptors (Lipinski definition) is 5. The van der Waals surface area contributed by atoms with E-state index in [9.17, 15) is 9.18 Å². The summed E-state index contributed by atoms with van der Waals surface area (Å²) in [4.78, 5) is 11.7. The van der Waals surface area contributed by atoms with Gasteiger partial charge in [-0.3, -0.25) is 5.32 Å². The maximum absolute atomic E-state index is 13.7. The zero-order valence-electron chi connectivity index (χ0n) is 12.8. The van der Waals surface area contributed by atoms with Crippen LogP contribution >= 0.6 is 34.7 Å². The molecule has 0 saturated carbocycles. The molecule has 1 heterocycles. The molecule has 2 rings (SSSR count). The van der Waals surface area contributed by atoms with Crippen molar-refractivity contribution in [1.29, 1.82) is 0 Å². The third kappa shape index (κ3) is 5.63. The average Bonchev–Trinajstić information content (AvgIpc) is 2.83. The van der Waals surface area contributed by atoms with Crippen LogP contribution in [0.2, 0.25) is 5.02 Å². The smallest absolute Gasteiger partial charge is 0.321 e. The molecule has 1 aromatic heterocycles. The van der Waals surface area contributed by atoms with Crippen LogP contribution in [0, 0.1) is 5.82 Å². The lowest BCUT2D eigenvalue weighted by atomic mass is 10.1. The number of nitrogens with one attached hydrogen (secondary N) is 2. The molecule has 1 aromatic carbocycles. The Morgan fingerprint density at radius 3 is 2.78 bits per heavy atom. The molecule has 0 aliphatic carbocycles. The summed E-state index contributed by atoms with van der Waals surface area (Å²) in [7, 11) is 0. The molecule has 5 nitrogen and oxygen atoms in total. The number of urea groups is 1. The first-order valence-corrected chi connectivity index (χ1v) is 8.91. The van der Waals surface area contributed by atoms with Crippen molar-refractivity contribution in [2.24, 2.45) is 0 Å². The van der Waals surface area contributed by atoms with Gasteiger partial charge in [-0.1, -0.05) is 40.8 Å². The van der Waals surface area contributed by atoms with Crippen LogP contribution in [0.1, 0.15) is 26.3 Å². The van der Waals surface area contributed by atoms with Gasteiger partial charge in [0.15, 0.2) is 4.34 Å². The van der Waals surface area contributed by atoms with Crippen molar-refractivity contribution >= 4 is 45.9 Å². The maximum atomic E-state index is 13.7. The van der Waals surface area contributed by atoms with Crippen molar-refractivity contribution in [3.63, 3.8) is 0 Å². The predicted molar refractivity (Wildman–Crippen MR) is 92.8 cm³/mol. The summed E-state index contributed by atoms with van der Waals surface area (Å²) in [6.45, 7) is 5.64. The number of amides is 2. The normalized spacial score (nSPS) is 11.3. The summed E-state index contributed by atoms with van der Waals surface area (Å²) in [5, 5.41) is 14.0. The molecule has 2 amide bonds. The highest BCUT2D eigenvalue weighted by atomic mass is 35.5. The van der Waals surface area contributed by atoms with E-state index in [1.807, 2.05) is 20.8 Å². The molecule has 0 saturated heterocycles. The standard InChI is InChI=1S/C14H16ClFN4OS2/c1-14(2,3)18-11(21)17-12-19-20-13(23-12)22-7-8-9(15)5-4-6-10(8)16/h4-6H,7H2,1-3H3,(H2,17,18,19,21). The number of thioether (sulfide) groups is 1. The van der Waals surface area contributed by atoms with E-state index in [0.29, 0.717) is 25.8 Å². The SMILES string of the molecule is CC(C)(C)NC(=O)Nc1nnc(SCc2c(F)cccc2Cl)s1. The van der Waals surface area contributed by atoms with Crippen LogP contribution < -0.4 is 10.6 Å².